The van der Waals surface area contributed by atoms with Gasteiger partial charge >= 0.3 is 0 Å². The van der Waals surface area contributed by atoms with Crippen molar-refractivity contribution in [1.82, 2.24) is 5.32 Å². The minimum absolute atomic E-state index is 0.000306. The molecular weight excluding hydrogens is 279 g/mol. The Morgan fingerprint density at radius 2 is 1.82 bits per heavy atom. The fourth-order valence-corrected chi connectivity index (χ4v) is 1.93. The van der Waals surface area contributed by atoms with Gasteiger partial charge in [0.15, 0.2) is 0 Å². The molecule has 0 aliphatic rings. The van der Waals surface area contributed by atoms with Crippen molar-refractivity contribution in [1.29, 1.82) is 5.26 Å². The lowest BCUT2D eigenvalue weighted by atomic mass is 10.1. The summed E-state index contributed by atoms with van der Waals surface area (Å²) in [6, 6.07) is 17.2. The lowest BCUT2D eigenvalue weighted by Gasteiger charge is -2.04. The van der Waals surface area contributed by atoms with Gasteiger partial charge in [-0.15, -0.1) is 0 Å². The minimum Gasteiger partial charge on any atom is -0.351 e. The first-order chi connectivity index (χ1) is 10.7. The molecule has 0 atom stereocenters. The third-order valence-electron chi connectivity index (χ3n) is 3.09. The van der Waals surface area contributed by atoms with Crippen LogP contribution in [0.1, 0.15) is 11.1 Å². The standard InChI is InChI=1S/C18H15FN2O/c19-17-8-6-15(7-9-17)12-16(13-20)18(22)21-11-10-14-4-2-1-3-5-14/h1-9,12H,10-11H2,(H,21,22)/b16-12-. The number of carbonyl (C=O) groups excluding carboxylic acids is 1. The normalized spacial score (nSPS) is 10.8. The van der Waals surface area contributed by atoms with E-state index in [1.807, 2.05) is 36.4 Å². The molecule has 0 aliphatic carbocycles. The fraction of sp³-hybridized carbons (Fsp3) is 0.111. The Labute approximate surface area is 128 Å². The molecule has 0 fully saturated rings. The number of halogens is 1. The van der Waals surface area contributed by atoms with Crippen molar-refractivity contribution in [2.75, 3.05) is 6.54 Å². The largest absolute Gasteiger partial charge is 0.351 e. The van der Waals surface area contributed by atoms with E-state index in [1.165, 1.54) is 30.3 Å². The van der Waals surface area contributed by atoms with Crippen LogP contribution < -0.4 is 5.32 Å². The first kappa shape index (κ1) is 15.5. The number of nitriles is 1. The molecule has 0 heterocycles. The number of benzene rings is 2. The van der Waals surface area contributed by atoms with E-state index in [4.69, 9.17) is 5.26 Å². The summed E-state index contributed by atoms with van der Waals surface area (Å²) in [6.07, 6.45) is 2.14. The van der Waals surface area contributed by atoms with Crippen LogP contribution in [0.25, 0.3) is 6.08 Å². The number of rotatable bonds is 5. The number of hydrogen-bond acceptors (Lipinski definition) is 2. The Kier molecular flexibility index (Phi) is 5.44. The molecule has 0 radical (unpaired) electrons. The zero-order valence-corrected chi connectivity index (χ0v) is 11.9. The molecule has 1 amide bonds. The van der Waals surface area contributed by atoms with E-state index in [0.29, 0.717) is 18.5 Å². The van der Waals surface area contributed by atoms with Crippen LogP contribution in [0.4, 0.5) is 4.39 Å². The van der Waals surface area contributed by atoms with Crippen LogP contribution in [0.2, 0.25) is 0 Å². The maximum atomic E-state index is 12.8. The summed E-state index contributed by atoms with van der Waals surface area (Å²) >= 11 is 0. The van der Waals surface area contributed by atoms with Crippen molar-refractivity contribution in [2.24, 2.45) is 0 Å². The first-order valence-electron chi connectivity index (χ1n) is 6.88. The predicted molar refractivity (Wildman–Crippen MR) is 83.1 cm³/mol. The Balaban J connectivity index is 1.94. The molecule has 0 saturated heterocycles. The smallest absolute Gasteiger partial charge is 0.261 e. The Hall–Kier alpha value is -2.93. The monoisotopic (exact) mass is 294 g/mol. The van der Waals surface area contributed by atoms with Gasteiger partial charge in [0.05, 0.1) is 0 Å². The van der Waals surface area contributed by atoms with Crippen LogP contribution in [0.5, 0.6) is 0 Å². The molecule has 4 heteroatoms. The summed E-state index contributed by atoms with van der Waals surface area (Å²) in [5, 5.41) is 11.8. The molecule has 0 bridgehead atoms. The third-order valence-corrected chi connectivity index (χ3v) is 3.09. The van der Waals surface area contributed by atoms with Crippen LogP contribution in [0, 0.1) is 17.1 Å². The molecule has 0 aliphatic heterocycles. The molecular formula is C18H15FN2O. The van der Waals surface area contributed by atoms with Crippen molar-refractivity contribution in [3.05, 3.63) is 77.1 Å². The van der Waals surface area contributed by atoms with E-state index in [2.05, 4.69) is 5.32 Å². The molecule has 2 aromatic rings. The molecule has 3 nitrogen and oxygen atoms in total. The van der Waals surface area contributed by atoms with Crippen molar-refractivity contribution in [3.8, 4) is 6.07 Å². The molecule has 0 saturated carbocycles. The fourth-order valence-electron chi connectivity index (χ4n) is 1.93. The zero-order valence-electron chi connectivity index (χ0n) is 11.9. The lowest BCUT2D eigenvalue weighted by molar-refractivity contribution is -0.117. The van der Waals surface area contributed by atoms with Crippen molar-refractivity contribution in [2.45, 2.75) is 6.42 Å². The lowest BCUT2D eigenvalue weighted by Crippen LogP contribution is -2.26. The van der Waals surface area contributed by atoms with Crippen LogP contribution >= 0.6 is 0 Å². The highest BCUT2D eigenvalue weighted by Crippen LogP contribution is 2.08. The summed E-state index contributed by atoms with van der Waals surface area (Å²) in [6.45, 7) is 0.450. The highest BCUT2D eigenvalue weighted by atomic mass is 19.1. The summed E-state index contributed by atoms with van der Waals surface area (Å²) in [5.74, 6) is -0.786. The van der Waals surface area contributed by atoms with Gasteiger partial charge in [-0.05, 0) is 35.8 Å². The highest BCUT2D eigenvalue weighted by molar-refractivity contribution is 6.01. The maximum absolute atomic E-state index is 12.8. The Bertz CT molecular complexity index is 700. The average molecular weight is 294 g/mol. The second kappa shape index (κ2) is 7.75. The zero-order chi connectivity index (χ0) is 15.8. The summed E-state index contributed by atoms with van der Waals surface area (Å²) in [4.78, 5) is 12.0. The summed E-state index contributed by atoms with van der Waals surface area (Å²) in [5.41, 5.74) is 1.72. The van der Waals surface area contributed by atoms with Gasteiger partial charge in [-0.3, -0.25) is 4.79 Å². The first-order valence-corrected chi connectivity index (χ1v) is 6.88. The number of carbonyl (C=O) groups is 1. The topological polar surface area (TPSA) is 52.9 Å². The van der Waals surface area contributed by atoms with E-state index in [0.717, 1.165) is 5.56 Å². The van der Waals surface area contributed by atoms with Gasteiger partial charge in [-0.1, -0.05) is 42.5 Å². The average Bonchev–Trinajstić information content (AvgIpc) is 2.55. The number of nitrogens with one attached hydrogen (secondary N) is 1. The minimum atomic E-state index is -0.428. The Morgan fingerprint density at radius 3 is 2.45 bits per heavy atom. The van der Waals surface area contributed by atoms with E-state index in [1.54, 1.807) is 0 Å². The molecule has 2 rings (SSSR count). The van der Waals surface area contributed by atoms with Crippen LogP contribution in [0.3, 0.4) is 0 Å². The van der Waals surface area contributed by atoms with E-state index < -0.39 is 5.91 Å². The van der Waals surface area contributed by atoms with Gasteiger partial charge in [-0.25, -0.2) is 4.39 Å². The molecule has 0 unspecified atom stereocenters. The molecule has 0 spiro atoms. The quantitative estimate of drug-likeness (QED) is 0.680. The van der Waals surface area contributed by atoms with Crippen LogP contribution in [-0.2, 0) is 11.2 Å². The van der Waals surface area contributed by atoms with Gasteiger partial charge in [0.25, 0.3) is 5.91 Å². The number of amides is 1. The summed E-state index contributed by atoms with van der Waals surface area (Å²) in [7, 11) is 0. The van der Waals surface area contributed by atoms with Crippen LogP contribution in [0.15, 0.2) is 60.2 Å². The van der Waals surface area contributed by atoms with Gasteiger partial charge in [0.2, 0.25) is 0 Å². The van der Waals surface area contributed by atoms with Gasteiger partial charge in [0.1, 0.15) is 17.5 Å². The maximum Gasteiger partial charge on any atom is 0.261 e. The molecule has 0 aromatic heterocycles. The second-order valence-electron chi connectivity index (χ2n) is 4.71. The van der Waals surface area contributed by atoms with Crippen molar-refractivity contribution >= 4 is 12.0 Å². The summed E-state index contributed by atoms with van der Waals surface area (Å²) < 4.78 is 12.8. The number of hydrogen-bond donors (Lipinski definition) is 1. The van der Waals surface area contributed by atoms with Crippen LogP contribution in [-0.4, -0.2) is 12.5 Å². The Morgan fingerprint density at radius 1 is 1.14 bits per heavy atom. The second-order valence-corrected chi connectivity index (χ2v) is 4.71. The van der Waals surface area contributed by atoms with E-state index in [9.17, 15) is 9.18 Å². The predicted octanol–water partition coefficient (Wildman–Crippen LogP) is 3.09. The number of nitrogens with zero attached hydrogens (tertiary/aromatic N) is 1. The highest BCUT2D eigenvalue weighted by Gasteiger charge is 2.08. The molecule has 1 N–H and O–H groups in total. The van der Waals surface area contributed by atoms with E-state index >= 15 is 0 Å². The SMILES string of the molecule is N#C/C(=C/c1ccc(F)cc1)C(=O)NCCc1ccccc1. The third kappa shape index (κ3) is 4.57. The van der Waals surface area contributed by atoms with E-state index in [-0.39, 0.29) is 11.4 Å². The van der Waals surface area contributed by atoms with Gasteiger partial charge in [-0.2, -0.15) is 5.26 Å². The van der Waals surface area contributed by atoms with Gasteiger partial charge in [0, 0.05) is 6.54 Å². The molecule has 2 aromatic carbocycles. The molecule has 110 valence electrons. The van der Waals surface area contributed by atoms with Crippen molar-refractivity contribution < 1.29 is 9.18 Å². The van der Waals surface area contributed by atoms with Gasteiger partial charge < -0.3 is 5.32 Å². The van der Waals surface area contributed by atoms with Crippen molar-refractivity contribution in [3.63, 3.8) is 0 Å². The molecule has 22 heavy (non-hydrogen) atoms.